The SMILES string of the molecule is CN1CCCC(C2(CC3CCNCC3)COC2)C1. The van der Waals surface area contributed by atoms with Gasteiger partial charge in [0.05, 0.1) is 13.2 Å². The van der Waals surface area contributed by atoms with Crippen LogP contribution in [-0.2, 0) is 4.74 Å². The second-order valence-corrected chi connectivity index (χ2v) is 6.85. The number of hydrogen-bond donors (Lipinski definition) is 1. The molecular weight excluding hydrogens is 224 g/mol. The van der Waals surface area contributed by atoms with Gasteiger partial charge in [0, 0.05) is 12.0 Å². The van der Waals surface area contributed by atoms with E-state index in [1.807, 2.05) is 0 Å². The molecule has 0 aromatic heterocycles. The van der Waals surface area contributed by atoms with Crippen molar-refractivity contribution in [1.82, 2.24) is 10.2 Å². The molecule has 0 spiro atoms. The van der Waals surface area contributed by atoms with E-state index >= 15 is 0 Å². The maximum atomic E-state index is 5.63. The monoisotopic (exact) mass is 252 g/mol. The molecule has 0 aromatic carbocycles. The van der Waals surface area contributed by atoms with E-state index in [0.717, 1.165) is 25.0 Å². The van der Waals surface area contributed by atoms with E-state index in [2.05, 4.69) is 17.3 Å². The summed E-state index contributed by atoms with van der Waals surface area (Å²) in [5.74, 6) is 1.84. The van der Waals surface area contributed by atoms with Crippen LogP contribution in [0.2, 0.25) is 0 Å². The first-order chi connectivity index (χ1) is 8.78. The van der Waals surface area contributed by atoms with Crippen LogP contribution in [0.25, 0.3) is 0 Å². The van der Waals surface area contributed by atoms with Gasteiger partial charge >= 0.3 is 0 Å². The molecule has 3 aliphatic heterocycles. The summed E-state index contributed by atoms with van der Waals surface area (Å²) in [6.45, 7) is 7.12. The van der Waals surface area contributed by atoms with Gasteiger partial charge in [-0.05, 0) is 70.6 Å². The Labute approximate surface area is 111 Å². The number of nitrogens with zero attached hydrogens (tertiary/aromatic N) is 1. The molecule has 0 aromatic rings. The maximum absolute atomic E-state index is 5.63. The van der Waals surface area contributed by atoms with Crippen LogP contribution in [0.1, 0.15) is 32.1 Å². The lowest BCUT2D eigenvalue weighted by molar-refractivity contribution is -0.167. The van der Waals surface area contributed by atoms with E-state index in [1.54, 1.807) is 0 Å². The second-order valence-electron chi connectivity index (χ2n) is 6.85. The van der Waals surface area contributed by atoms with Crippen LogP contribution in [-0.4, -0.2) is 51.3 Å². The van der Waals surface area contributed by atoms with Crippen molar-refractivity contribution in [3.8, 4) is 0 Å². The van der Waals surface area contributed by atoms with Crippen molar-refractivity contribution >= 4 is 0 Å². The summed E-state index contributed by atoms with van der Waals surface area (Å²) in [5.41, 5.74) is 0.538. The van der Waals surface area contributed by atoms with Gasteiger partial charge in [0.25, 0.3) is 0 Å². The van der Waals surface area contributed by atoms with Gasteiger partial charge in [-0.2, -0.15) is 0 Å². The molecule has 1 atom stereocenters. The largest absolute Gasteiger partial charge is 0.380 e. The Balaban J connectivity index is 1.61. The van der Waals surface area contributed by atoms with Crippen LogP contribution in [0.3, 0.4) is 0 Å². The average molecular weight is 252 g/mol. The van der Waals surface area contributed by atoms with Crippen LogP contribution in [0.15, 0.2) is 0 Å². The molecule has 3 fully saturated rings. The first-order valence-electron chi connectivity index (χ1n) is 7.75. The summed E-state index contributed by atoms with van der Waals surface area (Å²) in [6, 6.07) is 0. The van der Waals surface area contributed by atoms with Gasteiger partial charge < -0.3 is 15.0 Å². The van der Waals surface area contributed by atoms with Crippen LogP contribution >= 0.6 is 0 Å². The van der Waals surface area contributed by atoms with Crippen LogP contribution < -0.4 is 5.32 Å². The van der Waals surface area contributed by atoms with Gasteiger partial charge in [-0.25, -0.2) is 0 Å². The lowest BCUT2D eigenvalue weighted by Crippen LogP contribution is -2.54. The topological polar surface area (TPSA) is 24.5 Å². The van der Waals surface area contributed by atoms with Gasteiger partial charge in [-0.1, -0.05) is 0 Å². The lowest BCUT2D eigenvalue weighted by Gasteiger charge is -2.52. The number of rotatable bonds is 3. The summed E-state index contributed by atoms with van der Waals surface area (Å²) in [6.07, 6.45) is 7.00. The second kappa shape index (κ2) is 5.48. The number of hydrogen-bond acceptors (Lipinski definition) is 3. The van der Waals surface area contributed by atoms with E-state index in [9.17, 15) is 0 Å². The highest BCUT2D eigenvalue weighted by Crippen LogP contribution is 2.46. The molecule has 1 N–H and O–H groups in total. The Morgan fingerprint density at radius 1 is 1.22 bits per heavy atom. The van der Waals surface area contributed by atoms with Gasteiger partial charge in [0.15, 0.2) is 0 Å². The molecule has 0 bridgehead atoms. The van der Waals surface area contributed by atoms with Crippen LogP contribution in [0, 0.1) is 17.3 Å². The van der Waals surface area contributed by atoms with E-state index in [-0.39, 0.29) is 0 Å². The molecule has 0 amide bonds. The van der Waals surface area contributed by atoms with E-state index < -0.39 is 0 Å². The summed E-state index contributed by atoms with van der Waals surface area (Å²) in [5, 5.41) is 3.48. The third-order valence-corrected chi connectivity index (χ3v) is 5.42. The molecule has 3 nitrogen and oxygen atoms in total. The smallest absolute Gasteiger partial charge is 0.0548 e. The molecule has 104 valence electrons. The molecule has 3 heteroatoms. The van der Waals surface area contributed by atoms with Crippen molar-refractivity contribution in [3.63, 3.8) is 0 Å². The third kappa shape index (κ3) is 2.59. The fourth-order valence-electron chi connectivity index (χ4n) is 4.21. The predicted molar refractivity (Wildman–Crippen MR) is 73.7 cm³/mol. The highest BCUT2D eigenvalue weighted by Gasteiger charge is 2.47. The fourth-order valence-corrected chi connectivity index (χ4v) is 4.21. The molecule has 0 radical (unpaired) electrons. The van der Waals surface area contributed by atoms with Crippen molar-refractivity contribution in [2.45, 2.75) is 32.1 Å². The molecule has 3 heterocycles. The Kier molecular flexibility index (Phi) is 3.92. The Hall–Kier alpha value is -0.120. The van der Waals surface area contributed by atoms with E-state index in [4.69, 9.17) is 4.74 Å². The number of piperidine rings is 2. The zero-order valence-electron chi connectivity index (χ0n) is 11.8. The van der Waals surface area contributed by atoms with Gasteiger partial charge in [-0.15, -0.1) is 0 Å². The Bertz CT molecular complexity index is 272. The minimum atomic E-state index is 0.538. The fraction of sp³-hybridized carbons (Fsp3) is 1.00. The van der Waals surface area contributed by atoms with Crippen molar-refractivity contribution < 1.29 is 4.74 Å². The van der Waals surface area contributed by atoms with Crippen molar-refractivity contribution in [2.75, 3.05) is 46.4 Å². The number of likely N-dealkylation sites (tertiary alicyclic amines) is 1. The molecule has 18 heavy (non-hydrogen) atoms. The summed E-state index contributed by atoms with van der Waals surface area (Å²) in [4.78, 5) is 2.52. The van der Waals surface area contributed by atoms with E-state index in [0.29, 0.717) is 5.41 Å². The Morgan fingerprint density at radius 2 is 2.00 bits per heavy atom. The van der Waals surface area contributed by atoms with Crippen molar-refractivity contribution in [3.05, 3.63) is 0 Å². The first-order valence-corrected chi connectivity index (χ1v) is 7.75. The lowest BCUT2D eigenvalue weighted by atomic mass is 9.64. The third-order valence-electron chi connectivity index (χ3n) is 5.42. The minimum Gasteiger partial charge on any atom is -0.380 e. The quantitative estimate of drug-likeness (QED) is 0.828. The predicted octanol–water partition coefficient (Wildman–Crippen LogP) is 1.73. The van der Waals surface area contributed by atoms with Crippen LogP contribution in [0.4, 0.5) is 0 Å². The average Bonchev–Trinajstić information content (AvgIpc) is 2.35. The molecular formula is C15H28N2O. The molecule has 3 aliphatic rings. The molecule has 3 rings (SSSR count). The molecule has 0 aliphatic carbocycles. The summed E-state index contributed by atoms with van der Waals surface area (Å²) < 4.78 is 5.63. The molecule has 0 saturated carbocycles. The molecule has 3 saturated heterocycles. The highest BCUT2D eigenvalue weighted by atomic mass is 16.5. The number of nitrogens with one attached hydrogen (secondary N) is 1. The van der Waals surface area contributed by atoms with Gasteiger partial charge in [-0.3, -0.25) is 0 Å². The zero-order valence-corrected chi connectivity index (χ0v) is 11.8. The van der Waals surface area contributed by atoms with Crippen LogP contribution in [0.5, 0.6) is 0 Å². The first kappa shape index (κ1) is 12.9. The maximum Gasteiger partial charge on any atom is 0.0548 e. The van der Waals surface area contributed by atoms with E-state index in [1.165, 1.54) is 58.3 Å². The Morgan fingerprint density at radius 3 is 2.61 bits per heavy atom. The summed E-state index contributed by atoms with van der Waals surface area (Å²) in [7, 11) is 2.28. The standard InChI is InChI=1S/C15H28N2O/c1-17-8-2-3-14(10-17)15(11-18-12-15)9-13-4-6-16-7-5-13/h13-14,16H,2-12H2,1H3. The normalized spacial score (nSPS) is 34.2. The summed E-state index contributed by atoms with van der Waals surface area (Å²) >= 11 is 0. The van der Waals surface area contributed by atoms with Gasteiger partial charge in [0.1, 0.15) is 0 Å². The van der Waals surface area contributed by atoms with Crippen molar-refractivity contribution in [2.24, 2.45) is 17.3 Å². The minimum absolute atomic E-state index is 0.538. The van der Waals surface area contributed by atoms with Gasteiger partial charge in [0.2, 0.25) is 0 Å². The highest BCUT2D eigenvalue weighted by molar-refractivity contribution is 4.96. The molecule has 1 unspecified atom stereocenters. The van der Waals surface area contributed by atoms with Crippen molar-refractivity contribution in [1.29, 1.82) is 0 Å². The number of ether oxygens (including phenoxy) is 1. The zero-order chi connectivity index (χ0) is 12.4.